The zero-order chi connectivity index (χ0) is 24.2. The minimum Gasteiger partial charge on any atom is -0.459 e. The van der Waals surface area contributed by atoms with Gasteiger partial charge in [0, 0.05) is 16.5 Å². The molecule has 1 amide bonds. The number of carbonyl (C=O) groups is 2. The number of fused-ring (bicyclic) bond motifs is 1. The highest BCUT2D eigenvalue weighted by Crippen LogP contribution is 2.39. The van der Waals surface area contributed by atoms with Crippen molar-refractivity contribution in [2.45, 2.75) is 45.6 Å². The third-order valence-electron chi connectivity index (χ3n) is 5.35. The molecule has 1 aromatic carbocycles. The number of hydrogen-bond donors (Lipinski definition) is 1. The standard InChI is InChI=1S/C26H23FN2O4S/c1-15(2)32-26(31)23-20-5-3-4-6-22(20)34-25(23)29-24(30)17(14-28)13-19-11-12-21(33-19)16-7-9-18(27)10-8-16/h7-13,15H,3-6H2,1-2H3,(H,29,30). The molecule has 0 bridgehead atoms. The summed E-state index contributed by atoms with van der Waals surface area (Å²) in [5, 5.41) is 12.7. The molecule has 1 aliphatic rings. The van der Waals surface area contributed by atoms with E-state index >= 15 is 0 Å². The van der Waals surface area contributed by atoms with Crippen LogP contribution in [0.2, 0.25) is 0 Å². The predicted molar refractivity (Wildman–Crippen MR) is 128 cm³/mol. The van der Waals surface area contributed by atoms with Gasteiger partial charge in [0.25, 0.3) is 5.91 Å². The van der Waals surface area contributed by atoms with E-state index in [1.807, 2.05) is 6.07 Å². The van der Waals surface area contributed by atoms with E-state index in [9.17, 15) is 19.2 Å². The van der Waals surface area contributed by atoms with Gasteiger partial charge in [-0.05, 0) is 81.5 Å². The van der Waals surface area contributed by atoms with Gasteiger partial charge >= 0.3 is 5.97 Å². The Balaban J connectivity index is 1.59. The van der Waals surface area contributed by atoms with E-state index in [1.165, 1.54) is 29.5 Å². The van der Waals surface area contributed by atoms with Crippen LogP contribution in [0, 0.1) is 17.1 Å². The highest BCUT2D eigenvalue weighted by atomic mass is 32.1. The zero-order valence-corrected chi connectivity index (χ0v) is 19.6. The molecule has 0 saturated carbocycles. The Morgan fingerprint density at radius 3 is 2.62 bits per heavy atom. The Labute approximate surface area is 200 Å². The Bertz CT molecular complexity index is 1300. The first-order valence-electron chi connectivity index (χ1n) is 11.0. The fraction of sp³-hybridized carbons (Fsp3) is 0.269. The first-order chi connectivity index (χ1) is 16.4. The van der Waals surface area contributed by atoms with E-state index in [-0.39, 0.29) is 17.5 Å². The number of furan rings is 1. The highest BCUT2D eigenvalue weighted by molar-refractivity contribution is 7.17. The molecule has 3 aromatic rings. The lowest BCUT2D eigenvalue weighted by atomic mass is 9.95. The SMILES string of the molecule is CC(C)OC(=O)c1c(NC(=O)C(C#N)=Cc2ccc(-c3ccc(F)cc3)o2)sc2c1CCCC2. The molecule has 0 unspecified atom stereocenters. The molecule has 2 heterocycles. The van der Waals surface area contributed by atoms with Crippen molar-refractivity contribution in [2.75, 3.05) is 5.32 Å². The average molecular weight is 479 g/mol. The second-order valence-corrected chi connectivity index (χ2v) is 9.31. The number of anilines is 1. The molecule has 8 heteroatoms. The van der Waals surface area contributed by atoms with Crippen LogP contribution < -0.4 is 5.32 Å². The van der Waals surface area contributed by atoms with Gasteiger partial charge in [0.15, 0.2) is 0 Å². The quantitative estimate of drug-likeness (QED) is 0.261. The van der Waals surface area contributed by atoms with Crippen molar-refractivity contribution < 1.29 is 23.1 Å². The number of aryl methyl sites for hydroxylation is 1. The Morgan fingerprint density at radius 1 is 1.18 bits per heavy atom. The summed E-state index contributed by atoms with van der Waals surface area (Å²) in [6.45, 7) is 3.55. The number of rotatable bonds is 6. The first kappa shape index (κ1) is 23.5. The largest absolute Gasteiger partial charge is 0.459 e. The molecule has 0 radical (unpaired) electrons. The number of benzene rings is 1. The number of amides is 1. The smallest absolute Gasteiger partial charge is 0.341 e. The van der Waals surface area contributed by atoms with Crippen LogP contribution in [0.1, 0.15) is 53.2 Å². The van der Waals surface area contributed by atoms with E-state index in [1.54, 1.807) is 38.1 Å². The Kier molecular flexibility index (Phi) is 6.94. The number of halogens is 1. The van der Waals surface area contributed by atoms with Gasteiger partial charge in [-0.25, -0.2) is 9.18 Å². The van der Waals surface area contributed by atoms with E-state index in [0.29, 0.717) is 27.6 Å². The van der Waals surface area contributed by atoms with Gasteiger partial charge in [-0.15, -0.1) is 11.3 Å². The van der Waals surface area contributed by atoms with Crippen LogP contribution in [-0.4, -0.2) is 18.0 Å². The van der Waals surface area contributed by atoms with Gasteiger partial charge in [0.1, 0.15) is 34.0 Å². The van der Waals surface area contributed by atoms with Crippen molar-refractivity contribution in [2.24, 2.45) is 0 Å². The van der Waals surface area contributed by atoms with E-state index < -0.39 is 11.9 Å². The van der Waals surface area contributed by atoms with Gasteiger partial charge in [-0.3, -0.25) is 4.79 Å². The zero-order valence-electron chi connectivity index (χ0n) is 18.8. The summed E-state index contributed by atoms with van der Waals surface area (Å²) in [4.78, 5) is 26.8. The molecule has 0 spiro atoms. The fourth-order valence-corrected chi connectivity index (χ4v) is 5.08. The van der Waals surface area contributed by atoms with Gasteiger partial charge in [-0.1, -0.05) is 0 Å². The average Bonchev–Trinajstić information content (AvgIpc) is 3.41. The molecule has 4 rings (SSSR count). The summed E-state index contributed by atoms with van der Waals surface area (Å²) in [7, 11) is 0. The molecule has 1 aliphatic carbocycles. The van der Waals surface area contributed by atoms with Gasteiger partial charge in [0.2, 0.25) is 0 Å². The predicted octanol–water partition coefficient (Wildman–Crippen LogP) is 6.14. The summed E-state index contributed by atoms with van der Waals surface area (Å²) in [5.74, 6) is -0.683. The van der Waals surface area contributed by atoms with E-state index in [2.05, 4.69) is 5.32 Å². The number of esters is 1. The Hall–Kier alpha value is -3.70. The lowest BCUT2D eigenvalue weighted by Crippen LogP contribution is -2.18. The number of nitrogens with one attached hydrogen (secondary N) is 1. The maximum Gasteiger partial charge on any atom is 0.341 e. The number of thiophene rings is 1. The van der Waals surface area contributed by atoms with Crippen molar-refractivity contribution in [1.82, 2.24) is 0 Å². The Morgan fingerprint density at radius 2 is 1.91 bits per heavy atom. The van der Waals surface area contributed by atoms with Crippen LogP contribution in [0.5, 0.6) is 0 Å². The van der Waals surface area contributed by atoms with Crippen molar-refractivity contribution in [3.63, 3.8) is 0 Å². The molecule has 0 fully saturated rings. The maximum atomic E-state index is 13.2. The third kappa shape index (κ3) is 5.10. The minimum absolute atomic E-state index is 0.172. The van der Waals surface area contributed by atoms with Gasteiger partial charge < -0.3 is 14.5 Å². The fourth-order valence-electron chi connectivity index (χ4n) is 3.80. The first-order valence-corrected chi connectivity index (χ1v) is 11.8. The lowest BCUT2D eigenvalue weighted by Gasteiger charge is -2.14. The third-order valence-corrected chi connectivity index (χ3v) is 6.56. The summed E-state index contributed by atoms with van der Waals surface area (Å²) < 4.78 is 24.3. The summed E-state index contributed by atoms with van der Waals surface area (Å²) >= 11 is 1.36. The van der Waals surface area contributed by atoms with Gasteiger partial charge in [-0.2, -0.15) is 5.26 Å². The monoisotopic (exact) mass is 478 g/mol. The number of nitrogens with zero attached hydrogens (tertiary/aromatic N) is 1. The van der Waals surface area contributed by atoms with Crippen LogP contribution in [0.25, 0.3) is 17.4 Å². The van der Waals surface area contributed by atoms with Crippen molar-refractivity contribution in [3.05, 3.63) is 69.6 Å². The second kappa shape index (κ2) is 10.1. The summed E-state index contributed by atoms with van der Waals surface area (Å²) in [6, 6.07) is 11.0. The molecule has 34 heavy (non-hydrogen) atoms. The van der Waals surface area contributed by atoms with Crippen LogP contribution in [0.3, 0.4) is 0 Å². The number of nitriles is 1. The van der Waals surface area contributed by atoms with Crippen LogP contribution in [0.15, 0.2) is 46.4 Å². The molecule has 2 aromatic heterocycles. The molecule has 0 saturated heterocycles. The van der Waals surface area contributed by atoms with E-state index in [4.69, 9.17) is 9.15 Å². The highest BCUT2D eigenvalue weighted by Gasteiger charge is 2.28. The van der Waals surface area contributed by atoms with E-state index in [0.717, 1.165) is 36.1 Å². The van der Waals surface area contributed by atoms with Crippen molar-refractivity contribution in [1.29, 1.82) is 5.26 Å². The van der Waals surface area contributed by atoms with Crippen LogP contribution in [-0.2, 0) is 22.4 Å². The minimum atomic E-state index is -0.639. The molecular formula is C26H23FN2O4S. The van der Waals surface area contributed by atoms with Crippen molar-refractivity contribution >= 4 is 34.3 Å². The molecule has 6 nitrogen and oxygen atoms in total. The number of carbonyl (C=O) groups excluding carboxylic acids is 2. The molecule has 174 valence electrons. The molecule has 0 atom stereocenters. The van der Waals surface area contributed by atoms with Crippen molar-refractivity contribution in [3.8, 4) is 17.4 Å². The second-order valence-electron chi connectivity index (χ2n) is 8.20. The van der Waals surface area contributed by atoms with Gasteiger partial charge in [0.05, 0.1) is 11.7 Å². The normalized spacial score (nSPS) is 13.3. The van der Waals surface area contributed by atoms with Crippen LogP contribution in [0.4, 0.5) is 9.39 Å². The maximum absolute atomic E-state index is 13.2. The molecule has 1 N–H and O–H groups in total. The number of hydrogen-bond acceptors (Lipinski definition) is 6. The van der Waals surface area contributed by atoms with Crippen LogP contribution >= 0.6 is 11.3 Å². The molecular weight excluding hydrogens is 455 g/mol. The summed E-state index contributed by atoms with van der Waals surface area (Å²) in [5.41, 5.74) is 1.81. The number of ether oxygens (including phenoxy) is 1. The topological polar surface area (TPSA) is 92.3 Å². The summed E-state index contributed by atoms with van der Waals surface area (Å²) in [6.07, 6.45) is 4.64. The molecule has 0 aliphatic heterocycles. The lowest BCUT2D eigenvalue weighted by molar-refractivity contribution is -0.112.